The molecule has 1 N–H and O–H groups in total. The van der Waals surface area contributed by atoms with Crippen molar-refractivity contribution in [3.63, 3.8) is 0 Å². The van der Waals surface area contributed by atoms with Crippen molar-refractivity contribution in [2.24, 2.45) is 0 Å². The Hall–Kier alpha value is -0.380. The molecule has 1 fully saturated rings. The van der Waals surface area contributed by atoms with Gasteiger partial charge >= 0.3 is 0 Å². The quantitative estimate of drug-likeness (QED) is 0.867. The van der Waals surface area contributed by atoms with E-state index in [1.807, 2.05) is 0 Å². The summed E-state index contributed by atoms with van der Waals surface area (Å²) in [5.41, 5.74) is 1.38. The smallest absolute Gasteiger partial charge is 0.0590 e. The highest BCUT2D eigenvalue weighted by Gasteiger charge is 2.20. The third-order valence-electron chi connectivity index (χ3n) is 3.49. The van der Waals surface area contributed by atoms with Crippen LogP contribution in [0.1, 0.15) is 31.7 Å². The van der Waals surface area contributed by atoms with E-state index >= 15 is 0 Å². The van der Waals surface area contributed by atoms with Crippen LogP contribution in [0.5, 0.6) is 0 Å². The van der Waals surface area contributed by atoms with Gasteiger partial charge in [-0.2, -0.15) is 0 Å². The minimum absolute atomic E-state index is 0.455. The molecule has 100 valence electrons. The van der Waals surface area contributed by atoms with Crippen molar-refractivity contribution in [2.75, 3.05) is 13.2 Å². The fourth-order valence-corrected chi connectivity index (χ4v) is 3.05. The topological polar surface area (TPSA) is 21.3 Å². The van der Waals surface area contributed by atoms with Crippen LogP contribution in [0.25, 0.3) is 0 Å². The molecule has 2 unspecified atom stereocenters. The van der Waals surface area contributed by atoms with Gasteiger partial charge in [0.1, 0.15) is 0 Å². The lowest BCUT2D eigenvalue weighted by atomic mass is 9.99. The first-order valence-electron chi connectivity index (χ1n) is 6.88. The molecule has 0 aromatic heterocycles. The lowest BCUT2D eigenvalue weighted by Gasteiger charge is -2.21. The van der Waals surface area contributed by atoms with E-state index in [9.17, 15) is 0 Å². The number of ether oxygens (including phenoxy) is 1. The maximum absolute atomic E-state index is 5.75. The molecule has 0 spiro atoms. The molecule has 2 atom stereocenters. The van der Waals surface area contributed by atoms with Crippen LogP contribution in [0, 0.1) is 0 Å². The molecule has 0 bridgehead atoms. The lowest BCUT2D eigenvalue weighted by molar-refractivity contribution is 0.0947. The predicted octanol–water partition coefficient (Wildman–Crippen LogP) is 3.54. The van der Waals surface area contributed by atoms with Gasteiger partial charge in [0.15, 0.2) is 0 Å². The molecule has 1 aliphatic rings. The standard InChI is InChI=1S/C15H22BrNO/c1-2-17-13(11-14-7-5-9-18-14)10-12-6-3-4-8-15(12)16/h3-4,6,8,13-14,17H,2,5,7,9-11H2,1H3. The van der Waals surface area contributed by atoms with Crippen LogP contribution in [-0.4, -0.2) is 25.3 Å². The van der Waals surface area contributed by atoms with Crippen molar-refractivity contribution in [1.29, 1.82) is 0 Å². The average molecular weight is 312 g/mol. The van der Waals surface area contributed by atoms with Crippen LogP contribution in [0.15, 0.2) is 28.7 Å². The number of halogens is 1. The van der Waals surface area contributed by atoms with Crippen LogP contribution >= 0.6 is 15.9 Å². The number of hydrogen-bond donors (Lipinski definition) is 1. The fraction of sp³-hybridized carbons (Fsp3) is 0.600. The van der Waals surface area contributed by atoms with Gasteiger partial charge in [0.05, 0.1) is 6.10 Å². The molecule has 18 heavy (non-hydrogen) atoms. The first kappa shape index (κ1) is 14.0. The van der Waals surface area contributed by atoms with Gasteiger partial charge in [-0.3, -0.25) is 0 Å². The van der Waals surface area contributed by atoms with E-state index in [4.69, 9.17) is 4.74 Å². The minimum atomic E-state index is 0.455. The van der Waals surface area contributed by atoms with E-state index in [0.717, 1.165) is 26.0 Å². The van der Waals surface area contributed by atoms with E-state index in [1.165, 1.54) is 22.9 Å². The van der Waals surface area contributed by atoms with Crippen LogP contribution < -0.4 is 5.32 Å². The number of rotatable bonds is 6. The van der Waals surface area contributed by atoms with Crippen LogP contribution in [0.3, 0.4) is 0 Å². The number of nitrogens with one attached hydrogen (secondary N) is 1. The fourth-order valence-electron chi connectivity index (χ4n) is 2.60. The maximum atomic E-state index is 5.75. The summed E-state index contributed by atoms with van der Waals surface area (Å²) >= 11 is 3.63. The van der Waals surface area contributed by atoms with Crippen molar-refractivity contribution < 1.29 is 4.74 Å². The zero-order chi connectivity index (χ0) is 12.8. The number of benzene rings is 1. The monoisotopic (exact) mass is 311 g/mol. The molecule has 2 nitrogen and oxygen atoms in total. The second-order valence-corrected chi connectivity index (χ2v) is 5.78. The Morgan fingerprint density at radius 3 is 2.94 bits per heavy atom. The molecule has 0 aliphatic carbocycles. The first-order chi connectivity index (χ1) is 8.79. The maximum Gasteiger partial charge on any atom is 0.0590 e. The zero-order valence-electron chi connectivity index (χ0n) is 11.0. The SMILES string of the molecule is CCNC(Cc1ccccc1Br)CC1CCCO1. The zero-order valence-corrected chi connectivity index (χ0v) is 12.6. The summed E-state index contributed by atoms with van der Waals surface area (Å²) in [5.74, 6) is 0. The molecule has 3 heteroatoms. The summed E-state index contributed by atoms with van der Waals surface area (Å²) in [6.07, 6.45) is 5.08. The Labute approximate surface area is 118 Å². The molecular weight excluding hydrogens is 290 g/mol. The van der Waals surface area contributed by atoms with Crippen molar-refractivity contribution >= 4 is 15.9 Å². The van der Waals surface area contributed by atoms with Crippen molar-refractivity contribution in [3.8, 4) is 0 Å². The number of hydrogen-bond acceptors (Lipinski definition) is 2. The van der Waals surface area contributed by atoms with E-state index < -0.39 is 0 Å². The summed E-state index contributed by atoms with van der Waals surface area (Å²) in [4.78, 5) is 0. The van der Waals surface area contributed by atoms with Gasteiger partial charge < -0.3 is 10.1 Å². The van der Waals surface area contributed by atoms with Crippen molar-refractivity contribution in [3.05, 3.63) is 34.3 Å². The molecule has 1 saturated heterocycles. The lowest BCUT2D eigenvalue weighted by Crippen LogP contribution is -2.34. The van der Waals surface area contributed by atoms with Crippen molar-refractivity contribution in [1.82, 2.24) is 5.32 Å². The van der Waals surface area contributed by atoms with E-state index in [-0.39, 0.29) is 0 Å². The van der Waals surface area contributed by atoms with Gasteiger partial charge in [0.25, 0.3) is 0 Å². The Morgan fingerprint density at radius 1 is 1.44 bits per heavy atom. The van der Waals surface area contributed by atoms with Gasteiger partial charge in [-0.05, 0) is 43.9 Å². The average Bonchev–Trinajstić information content (AvgIpc) is 2.85. The highest BCUT2D eigenvalue weighted by Crippen LogP contribution is 2.22. The Kier molecular flexibility index (Phi) is 5.67. The van der Waals surface area contributed by atoms with Gasteiger partial charge in [0.2, 0.25) is 0 Å². The van der Waals surface area contributed by atoms with Crippen LogP contribution in [0.2, 0.25) is 0 Å². The second kappa shape index (κ2) is 7.27. The van der Waals surface area contributed by atoms with E-state index in [1.54, 1.807) is 0 Å². The molecule has 0 saturated carbocycles. The summed E-state index contributed by atoms with van der Waals surface area (Å²) in [6.45, 7) is 4.13. The third kappa shape index (κ3) is 4.08. The Bertz CT molecular complexity index is 363. The minimum Gasteiger partial charge on any atom is -0.378 e. The highest BCUT2D eigenvalue weighted by atomic mass is 79.9. The summed E-state index contributed by atoms with van der Waals surface area (Å²) in [6, 6.07) is 9.00. The van der Waals surface area contributed by atoms with E-state index in [0.29, 0.717) is 12.1 Å². The van der Waals surface area contributed by atoms with Gasteiger partial charge in [-0.1, -0.05) is 41.1 Å². The summed E-state index contributed by atoms with van der Waals surface area (Å²) in [5, 5.41) is 3.58. The van der Waals surface area contributed by atoms with Crippen LogP contribution in [-0.2, 0) is 11.2 Å². The number of likely N-dealkylation sites (N-methyl/N-ethyl adjacent to an activating group) is 1. The van der Waals surface area contributed by atoms with Gasteiger partial charge in [0, 0.05) is 17.1 Å². The molecule has 1 aromatic rings. The first-order valence-corrected chi connectivity index (χ1v) is 7.67. The summed E-state index contributed by atoms with van der Waals surface area (Å²) in [7, 11) is 0. The Morgan fingerprint density at radius 2 is 2.28 bits per heavy atom. The van der Waals surface area contributed by atoms with Crippen LogP contribution in [0.4, 0.5) is 0 Å². The molecule has 0 radical (unpaired) electrons. The normalized spacial score (nSPS) is 21.1. The summed E-state index contributed by atoms with van der Waals surface area (Å²) < 4.78 is 6.95. The van der Waals surface area contributed by atoms with Crippen molar-refractivity contribution in [2.45, 2.75) is 44.8 Å². The third-order valence-corrected chi connectivity index (χ3v) is 4.26. The molecule has 0 amide bonds. The second-order valence-electron chi connectivity index (χ2n) is 4.92. The van der Waals surface area contributed by atoms with Gasteiger partial charge in [-0.15, -0.1) is 0 Å². The van der Waals surface area contributed by atoms with Gasteiger partial charge in [-0.25, -0.2) is 0 Å². The van der Waals surface area contributed by atoms with E-state index in [2.05, 4.69) is 52.4 Å². The molecule has 1 aliphatic heterocycles. The predicted molar refractivity (Wildman–Crippen MR) is 78.9 cm³/mol. The Balaban J connectivity index is 1.94. The molecule has 1 heterocycles. The highest BCUT2D eigenvalue weighted by molar-refractivity contribution is 9.10. The largest absolute Gasteiger partial charge is 0.378 e. The molecular formula is C15H22BrNO. The molecule has 1 aromatic carbocycles. The molecule has 2 rings (SSSR count).